The maximum absolute atomic E-state index is 12.2. The van der Waals surface area contributed by atoms with E-state index >= 15 is 0 Å². The Balaban J connectivity index is 1.48. The highest BCUT2D eigenvalue weighted by Gasteiger charge is 2.21. The van der Waals surface area contributed by atoms with Gasteiger partial charge in [-0.3, -0.25) is 9.59 Å². The summed E-state index contributed by atoms with van der Waals surface area (Å²) in [5.41, 5.74) is 1.39. The summed E-state index contributed by atoms with van der Waals surface area (Å²) in [6.07, 6.45) is 1.47. The van der Waals surface area contributed by atoms with Crippen LogP contribution in [-0.2, 0) is 4.79 Å². The highest BCUT2D eigenvalue weighted by Crippen LogP contribution is 2.25. The average Bonchev–Trinajstić information content (AvgIpc) is 3.11. The van der Waals surface area contributed by atoms with Gasteiger partial charge in [0.15, 0.2) is 11.5 Å². The third-order valence-corrected chi connectivity index (χ3v) is 4.23. The van der Waals surface area contributed by atoms with Gasteiger partial charge in [-0.05, 0) is 42.8 Å². The number of methoxy groups -OCH3 is 1. The molecule has 1 aliphatic heterocycles. The van der Waals surface area contributed by atoms with Gasteiger partial charge in [-0.15, -0.1) is 0 Å². The van der Waals surface area contributed by atoms with Gasteiger partial charge in [0, 0.05) is 24.2 Å². The average molecular weight is 354 g/mol. The second kappa shape index (κ2) is 8.38. The van der Waals surface area contributed by atoms with E-state index in [9.17, 15) is 9.59 Å². The standard InChI is InChI=1S/C20H22N2O4/c1-25-17-5-2-3-6-18(17)26-14-12-21-20(24)15-8-10-16(11-9-15)22-13-4-7-19(22)23/h2-3,5-6,8-11H,4,7,12-14H2,1H3,(H,21,24). The molecule has 6 nitrogen and oxygen atoms in total. The van der Waals surface area contributed by atoms with Gasteiger partial charge in [-0.1, -0.05) is 12.1 Å². The molecule has 0 aliphatic carbocycles. The third-order valence-electron chi connectivity index (χ3n) is 4.23. The number of anilines is 1. The minimum atomic E-state index is -0.173. The first-order valence-electron chi connectivity index (χ1n) is 8.63. The second-order valence-electron chi connectivity index (χ2n) is 5.95. The predicted molar refractivity (Wildman–Crippen MR) is 98.9 cm³/mol. The van der Waals surface area contributed by atoms with Crippen molar-refractivity contribution in [3.8, 4) is 11.5 Å². The summed E-state index contributed by atoms with van der Waals surface area (Å²) in [4.78, 5) is 25.7. The zero-order valence-electron chi connectivity index (χ0n) is 14.7. The van der Waals surface area contributed by atoms with E-state index in [2.05, 4.69) is 5.32 Å². The predicted octanol–water partition coefficient (Wildman–Crippen LogP) is 2.63. The van der Waals surface area contributed by atoms with Crippen LogP contribution in [0.5, 0.6) is 11.5 Å². The fraction of sp³-hybridized carbons (Fsp3) is 0.300. The Morgan fingerprint density at radius 1 is 1.12 bits per heavy atom. The molecule has 3 rings (SSSR count). The van der Waals surface area contributed by atoms with Crippen LogP contribution >= 0.6 is 0 Å². The normalized spacial score (nSPS) is 13.6. The number of ether oxygens (including phenoxy) is 2. The molecule has 0 spiro atoms. The van der Waals surface area contributed by atoms with Crippen LogP contribution in [0.3, 0.4) is 0 Å². The maximum Gasteiger partial charge on any atom is 0.251 e. The van der Waals surface area contributed by atoms with Crippen molar-refractivity contribution in [3.05, 3.63) is 54.1 Å². The van der Waals surface area contributed by atoms with Gasteiger partial charge in [0.25, 0.3) is 5.91 Å². The number of rotatable bonds is 7. The molecule has 1 N–H and O–H groups in total. The van der Waals surface area contributed by atoms with Crippen molar-refractivity contribution in [2.75, 3.05) is 31.7 Å². The molecule has 2 amide bonds. The van der Waals surface area contributed by atoms with Crippen LogP contribution in [0.2, 0.25) is 0 Å². The van der Waals surface area contributed by atoms with Crippen molar-refractivity contribution < 1.29 is 19.1 Å². The highest BCUT2D eigenvalue weighted by atomic mass is 16.5. The van der Waals surface area contributed by atoms with Crippen LogP contribution in [0.15, 0.2) is 48.5 Å². The fourth-order valence-electron chi connectivity index (χ4n) is 2.88. The van der Waals surface area contributed by atoms with Crippen LogP contribution in [0.4, 0.5) is 5.69 Å². The molecule has 0 radical (unpaired) electrons. The Kier molecular flexibility index (Phi) is 5.73. The molecule has 1 saturated heterocycles. The van der Waals surface area contributed by atoms with Gasteiger partial charge in [0.05, 0.1) is 13.7 Å². The molecule has 2 aromatic carbocycles. The lowest BCUT2D eigenvalue weighted by molar-refractivity contribution is -0.117. The van der Waals surface area contributed by atoms with Gasteiger partial charge in [0.2, 0.25) is 5.91 Å². The molecule has 2 aromatic rings. The van der Waals surface area contributed by atoms with Crippen molar-refractivity contribution >= 4 is 17.5 Å². The van der Waals surface area contributed by atoms with Crippen molar-refractivity contribution in [2.45, 2.75) is 12.8 Å². The van der Waals surface area contributed by atoms with Crippen molar-refractivity contribution in [1.29, 1.82) is 0 Å². The first kappa shape index (κ1) is 17.8. The number of hydrogen-bond acceptors (Lipinski definition) is 4. The van der Waals surface area contributed by atoms with E-state index in [1.165, 1.54) is 0 Å². The SMILES string of the molecule is COc1ccccc1OCCNC(=O)c1ccc(N2CCCC2=O)cc1. The number of nitrogens with one attached hydrogen (secondary N) is 1. The number of carbonyl (C=O) groups excluding carboxylic acids is 2. The first-order chi connectivity index (χ1) is 12.7. The molecule has 0 bridgehead atoms. The van der Waals surface area contributed by atoms with Crippen LogP contribution in [0, 0.1) is 0 Å². The van der Waals surface area contributed by atoms with E-state index < -0.39 is 0 Å². The molecule has 0 aromatic heterocycles. The van der Waals surface area contributed by atoms with Gasteiger partial charge in [-0.25, -0.2) is 0 Å². The zero-order chi connectivity index (χ0) is 18.4. The number of hydrogen-bond donors (Lipinski definition) is 1. The molecule has 1 aliphatic rings. The lowest BCUT2D eigenvalue weighted by Crippen LogP contribution is -2.28. The number of benzene rings is 2. The molecule has 0 unspecified atom stereocenters. The van der Waals surface area contributed by atoms with Gasteiger partial charge in [-0.2, -0.15) is 0 Å². The Hall–Kier alpha value is -3.02. The fourth-order valence-corrected chi connectivity index (χ4v) is 2.88. The van der Waals surface area contributed by atoms with Gasteiger partial charge >= 0.3 is 0 Å². The van der Waals surface area contributed by atoms with E-state index in [0.717, 1.165) is 18.7 Å². The number of nitrogens with zero attached hydrogens (tertiary/aromatic N) is 1. The number of para-hydroxylation sites is 2. The summed E-state index contributed by atoms with van der Waals surface area (Å²) in [5.74, 6) is 1.26. The van der Waals surface area contributed by atoms with Gasteiger partial charge < -0.3 is 19.7 Å². The third kappa shape index (κ3) is 4.14. The van der Waals surface area contributed by atoms with E-state index in [0.29, 0.717) is 36.6 Å². The summed E-state index contributed by atoms with van der Waals surface area (Å²) < 4.78 is 10.8. The molecular formula is C20H22N2O4. The van der Waals surface area contributed by atoms with Crippen LogP contribution < -0.4 is 19.7 Å². The van der Waals surface area contributed by atoms with Gasteiger partial charge in [0.1, 0.15) is 6.61 Å². The smallest absolute Gasteiger partial charge is 0.251 e. The Labute approximate surface area is 152 Å². The second-order valence-corrected chi connectivity index (χ2v) is 5.95. The molecule has 1 fully saturated rings. The molecule has 0 saturated carbocycles. The molecule has 26 heavy (non-hydrogen) atoms. The summed E-state index contributed by atoms with van der Waals surface area (Å²) in [6.45, 7) is 1.46. The lowest BCUT2D eigenvalue weighted by Gasteiger charge is -2.16. The summed E-state index contributed by atoms with van der Waals surface area (Å²) in [5, 5.41) is 2.82. The Morgan fingerprint density at radius 2 is 1.85 bits per heavy atom. The maximum atomic E-state index is 12.2. The monoisotopic (exact) mass is 354 g/mol. The Bertz CT molecular complexity index is 774. The van der Waals surface area contributed by atoms with E-state index in [1.54, 1.807) is 24.1 Å². The topological polar surface area (TPSA) is 67.9 Å². The summed E-state index contributed by atoms with van der Waals surface area (Å²) in [7, 11) is 1.59. The van der Waals surface area contributed by atoms with Crippen molar-refractivity contribution in [3.63, 3.8) is 0 Å². The van der Waals surface area contributed by atoms with Crippen molar-refractivity contribution in [2.24, 2.45) is 0 Å². The summed E-state index contributed by atoms with van der Waals surface area (Å²) in [6, 6.07) is 14.5. The minimum absolute atomic E-state index is 0.135. The van der Waals surface area contributed by atoms with Crippen molar-refractivity contribution in [1.82, 2.24) is 5.32 Å². The van der Waals surface area contributed by atoms with E-state index in [1.807, 2.05) is 36.4 Å². The van der Waals surface area contributed by atoms with Crippen LogP contribution in [-0.4, -0.2) is 38.6 Å². The Morgan fingerprint density at radius 3 is 2.50 bits per heavy atom. The largest absolute Gasteiger partial charge is 0.493 e. The van der Waals surface area contributed by atoms with E-state index in [-0.39, 0.29) is 11.8 Å². The minimum Gasteiger partial charge on any atom is -0.493 e. The number of carbonyl (C=O) groups is 2. The molecule has 0 atom stereocenters. The van der Waals surface area contributed by atoms with Crippen LogP contribution in [0.1, 0.15) is 23.2 Å². The molecule has 6 heteroatoms. The quantitative estimate of drug-likeness (QED) is 0.776. The molecule has 1 heterocycles. The van der Waals surface area contributed by atoms with E-state index in [4.69, 9.17) is 9.47 Å². The molecule has 136 valence electrons. The lowest BCUT2D eigenvalue weighted by atomic mass is 10.2. The summed E-state index contributed by atoms with van der Waals surface area (Å²) >= 11 is 0. The number of amides is 2. The zero-order valence-corrected chi connectivity index (χ0v) is 14.7. The highest BCUT2D eigenvalue weighted by molar-refractivity contribution is 5.97. The first-order valence-corrected chi connectivity index (χ1v) is 8.63. The van der Waals surface area contributed by atoms with Crippen LogP contribution in [0.25, 0.3) is 0 Å². The molecular weight excluding hydrogens is 332 g/mol.